The summed E-state index contributed by atoms with van der Waals surface area (Å²) < 4.78 is 24.1. The molecular formula is C26H28FNO4S. The highest BCUT2D eigenvalue weighted by molar-refractivity contribution is 7.12. The number of halogens is 1. The van der Waals surface area contributed by atoms with Gasteiger partial charge in [-0.15, -0.1) is 11.3 Å². The van der Waals surface area contributed by atoms with Crippen molar-refractivity contribution in [3.05, 3.63) is 74.0 Å². The number of esters is 1. The molecule has 0 spiro atoms. The molecule has 0 saturated carbocycles. The van der Waals surface area contributed by atoms with Gasteiger partial charge in [-0.3, -0.25) is 4.79 Å². The van der Waals surface area contributed by atoms with Crippen LogP contribution in [0.2, 0.25) is 0 Å². The van der Waals surface area contributed by atoms with Gasteiger partial charge in [0.1, 0.15) is 18.2 Å². The number of ketones is 1. The fourth-order valence-corrected chi connectivity index (χ4v) is 5.78. The number of thiophene rings is 1. The Labute approximate surface area is 197 Å². The topological polar surface area (TPSA) is 64.6 Å². The Kier molecular flexibility index (Phi) is 6.18. The molecule has 0 unspecified atom stereocenters. The van der Waals surface area contributed by atoms with Crippen molar-refractivity contribution < 1.29 is 23.5 Å². The fraction of sp³-hybridized carbons (Fsp3) is 0.385. The predicted octanol–water partition coefficient (Wildman–Crippen LogP) is 5.55. The predicted molar refractivity (Wildman–Crippen MR) is 125 cm³/mol. The van der Waals surface area contributed by atoms with Crippen LogP contribution in [-0.4, -0.2) is 18.9 Å². The van der Waals surface area contributed by atoms with Crippen LogP contribution in [0.4, 0.5) is 4.39 Å². The number of benzene rings is 1. The Balaban J connectivity index is 1.72. The molecule has 1 aromatic carbocycles. The van der Waals surface area contributed by atoms with Gasteiger partial charge >= 0.3 is 5.97 Å². The molecule has 2 heterocycles. The number of hydrogen-bond acceptors (Lipinski definition) is 6. The number of rotatable bonds is 5. The summed E-state index contributed by atoms with van der Waals surface area (Å²) in [5.41, 5.74) is 3.55. The van der Waals surface area contributed by atoms with E-state index in [1.165, 1.54) is 19.2 Å². The molecule has 33 heavy (non-hydrogen) atoms. The minimum Gasteiger partial charge on any atom is -0.489 e. The SMILES string of the molecule is COC(=O)C1=C(C)NC2=C(C(=O)CC(C)(C)C2)[C@@H]1c1cc(COc2ccc(F)cc2)c(C)s1. The summed E-state index contributed by atoms with van der Waals surface area (Å²) in [6.45, 7) is 8.32. The largest absolute Gasteiger partial charge is 0.489 e. The van der Waals surface area contributed by atoms with Gasteiger partial charge in [0, 0.05) is 38.7 Å². The van der Waals surface area contributed by atoms with E-state index in [2.05, 4.69) is 19.2 Å². The Hall–Kier alpha value is -2.93. The summed E-state index contributed by atoms with van der Waals surface area (Å²) >= 11 is 1.55. The Morgan fingerprint density at radius 1 is 1.21 bits per heavy atom. The molecule has 1 aromatic heterocycles. The summed E-state index contributed by atoms with van der Waals surface area (Å²) in [7, 11) is 1.36. The van der Waals surface area contributed by atoms with Crippen molar-refractivity contribution in [3.8, 4) is 5.75 Å². The van der Waals surface area contributed by atoms with Crippen LogP contribution < -0.4 is 10.1 Å². The number of methoxy groups -OCH3 is 1. The van der Waals surface area contributed by atoms with Crippen LogP contribution >= 0.6 is 11.3 Å². The van der Waals surface area contributed by atoms with Crippen LogP contribution in [0.1, 0.15) is 54.8 Å². The lowest BCUT2D eigenvalue weighted by molar-refractivity contribution is -0.136. The van der Waals surface area contributed by atoms with Crippen molar-refractivity contribution in [2.75, 3.05) is 7.11 Å². The molecule has 0 saturated heterocycles. The molecule has 1 N–H and O–H groups in total. The third-order valence-corrected chi connectivity index (χ3v) is 7.33. The number of nitrogens with one attached hydrogen (secondary N) is 1. The maximum atomic E-state index is 13.3. The van der Waals surface area contributed by atoms with Gasteiger partial charge in [0.25, 0.3) is 0 Å². The van der Waals surface area contributed by atoms with Crippen molar-refractivity contribution >= 4 is 23.1 Å². The van der Waals surface area contributed by atoms with Gasteiger partial charge < -0.3 is 14.8 Å². The molecule has 0 fully saturated rings. The first-order valence-corrected chi connectivity index (χ1v) is 11.7. The van der Waals surface area contributed by atoms with Gasteiger partial charge in [0.05, 0.1) is 18.6 Å². The van der Waals surface area contributed by atoms with E-state index in [9.17, 15) is 14.0 Å². The van der Waals surface area contributed by atoms with Crippen LogP contribution in [0.5, 0.6) is 5.75 Å². The molecule has 1 atom stereocenters. The van der Waals surface area contributed by atoms with Gasteiger partial charge in [0.2, 0.25) is 0 Å². The Bertz CT molecular complexity index is 1170. The summed E-state index contributed by atoms with van der Waals surface area (Å²) in [5.74, 6) is -0.594. The second-order valence-corrected chi connectivity index (χ2v) is 10.7. The quantitative estimate of drug-likeness (QED) is 0.582. The first-order valence-electron chi connectivity index (χ1n) is 10.9. The zero-order chi connectivity index (χ0) is 23.9. The minimum atomic E-state index is -0.472. The van der Waals surface area contributed by atoms with Crippen molar-refractivity contribution in [2.45, 2.75) is 53.1 Å². The van der Waals surface area contributed by atoms with E-state index in [4.69, 9.17) is 9.47 Å². The van der Waals surface area contributed by atoms with Crippen LogP contribution in [0.25, 0.3) is 0 Å². The summed E-state index contributed by atoms with van der Waals surface area (Å²) in [4.78, 5) is 28.0. The van der Waals surface area contributed by atoms with Gasteiger partial charge in [-0.2, -0.15) is 0 Å². The molecule has 174 valence electrons. The van der Waals surface area contributed by atoms with Gasteiger partial charge in [-0.05, 0) is 56.0 Å². The second-order valence-electron chi connectivity index (χ2n) is 9.39. The van der Waals surface area contributed by atoms with Gasteiger partial charge in [-0.1, -0.05) is 13.8 Å². The van der Waals surface area contributed by atoms with Crippen molar-refractivity contribution in [1.29, 1.82) is 0 Å². The number of ether oxygens (including phenoxy) is 2. The smallest absolute Gasteiger partial charge is 0.336 e. The number of carbonyl (C=O) groups is 2. The zero-order valence-corrected chi connectivity index (χ0v) is 20.3. The molecule has 7 heteroatoms. The van der Waals surface area contributed by atoms with Crippen LogP contribution in [-0.2, 0) is 20.9 Å². The minimum absolute atomic E-state index is 0.0582. The fourth-order valence-electron chi connectivity index (χ4n) is 4.62. The third-order valence-electron chi connectivity index (χ3n) is 6.18. The lowest BCUT2D eigenvalue weighted by atomic mass is 9.70. The van der Waals surface area contributed by atoms with E-state index in [-0.39, 0.29) is 17.0 Å². The normalized spacial score (nSPS) is 19.8. The van der Waals surface area contributed by atoms with E-state index in [0.29, 0.717) is 35.6 Å². The highest BCUT2D eigenvalue weighted by Gasteiger charge is 2.43. The molecule has 5 nitrogen and oxygen atoms in total. The second kappa shape index (κ2) is 8.78. The molecule has 1 aliphatic carbocycles. The standard InChI is InChI=1S/C26H28FNO4S/c1-14-22(25(30)31-5)24(23-19(28-14)11-26(3,4)12-20(23)29)21-10-16(15(2)33-21)13-32-18-8-6-17(27)7-9-18/h6-10,24,28H,11-13H2,1-5H3/t24-/m1/s1. The number of dihydropyridines is 1. The number of hydrogen-bond donors (Lipinski definition) is 1. The summed E-state index contributed by atoms with van der Waals surface area (Å²) in [5, 5.41) is 3.33. The number of carbonyl (C=O) groups excluding carboxylic acids is 2. The van der Waals surface area contributed by atoms with E-state index in [1.807, 2.05) is 19.9 Å². The molecule has 0 radical (unpaired) electrons. The first-order chi connectivity index (χ1) is 15.6. The first kappa shape index (κ1) is 23.2. The van der Waals surface area contributed by atoms with Gasteiger partial charge in [0.15, 0.2) is 5.78 Å². The van der Waals surface area contributed by atoms with Crippen molar-refractivity contribution in [1.82, 2.24) is 5.32 Å². The van der Waals surface area contributed by atoms with Crippen molar-refractivity contribution in [2.24, 2.45) is 5.41 Å². The Morgan fingerprint density at radius 2 is 1.91 bits per heavy atom. The maximum absolute atomic E-state index is 13.3. The van der Waals surface area contributed by atoms with Crippen molar-refractivity contribution in [3.63, 3.8) is 0 Å². The third kappa shape index (κ3) is 4.60. The zero-order valence-electron chi connectivity index (χ0n) is 19.5. The highest BCUT2D eigenvalue weighted by atomic mass is 32.1. The van der Waals surface area contributed by atoms with E-state index in [0.717, 1.165) is 27.4 Å². The average molecular weight is 470 g/mol. The molecule has 2 aromatic rings. The average Bonchev–Trinajstić information content (AvgIpc) is 3.11. The van der Waals surface area contributed by atoms with Crippen LogP contribution in [0, 0.1) is 18.2 Å². The number of aryl methyl sites for hydroxylation is 1. The molecular weight excluding hydrogens is 441 g/mol. The summed E-state index contributed by atoms with van der Waals surface area (Å²) in [6.07, 6.45) is 1.17. The number of Topliss-reactive ketones (excluding diaryl/α,β-unsaturated/α-hetero) is 1. The van der Waals surface area contributed by atoms with Crippen LogP contribution in [0.15, 0.2) is 52.9 Å². The summed E-state index contributed by atoms with van der Waals surface area (Å²) in [6, 6.07) is 7.90. The maximum Gasteiger partial charge on any atom is 0.336 e. The molecule has 0 bridgehead atoms. The number of allylic oxidation sites excluding steroid dienone is 3. The molecule has 0 amide bonds. The lowest BCUT2D eigenvalue weighted by Crippen LogP contribution is -2.38. The lowest BCUT2D eigenvalue weighted by Gasteiger charge is -2.39. The molecule has 4 rings (SSSR count). The molecule has 1 aliphatic heterocycles. The monoisotopic (exact) mass is 469 g/mol. The highest BCUT2D eigenvalue weighted by Crippen LogP contribution is 2.48. The Morgan fingerprint density at radius 3 is 2.58 bits per heavy atom. The van der Waals surface area contributed by atoms with E-state index < -0.39 is 11.9 Å². The van der Waals surface area contributed by atoms with Gasteiger partial charge in [-0.25, -0.2) is 9.18 Å². The van der Waals surface area contributed by atoms with Crippen LogP contribution in [0.3, 0.4) is 0 Å². The van der Waals surface area contributed by atoms with E-state index in [1.54, 1.807) is 23.5 Å². The molecule has 2 aliphatic rings. The van der Waals surface area contributed by atoms with E-state index >= 15 is 0 Å².